The SMILES string of the molecule is CCCCNC(=NC)NC1CCCC(S(=O)CC)C1. The highest BCUT2D eigenvalue weighted by Crippen LogP contribution is 2.22. The van der Waals surface area contributed by atoms with E-state index in [1.165, 1.54) is 12.8 Å². The summed E-state index contributed by atoms with van der Waals surface area (Å²) in [7, 11) is 1.15. The van der Waals surface area contributed by atoms with Crippen LogP contribution in [0, 0.1) is 0 Å². The Bertz CT molecular complexity index is 307. The molecule has 1 aliphatic carbocycles. The number of rotatable bonds is 6. The van der Waals surface area contributed by atoms with Gasteiger partial charge in [0, 0.05) is 41.4 Å². The van der Waals surface area contributed by atoms with Crippen LogP contribution in [-0.2, 0) is 10.8 Å². The zero-order chi connectivity index (χ0) is 14.1. The van der Waals surface area contributed by atoms with E-state index in [4.69, 9.17) is 0 Å². The molecule has 0 saturated heterocycles. The van der Waals surface area contributed by atoms with Crippen molar-refractivity contribution in [2.75, 3.05) is 19.3 Å². The van der Waals surface area contributed by atoms with Crippen molar-refractivity contribution in [1.29, 1.82) is 0 Å². The van der Waals surface area contributed by atoms with Crippen molar-refractivity contribution in [3.63, 3.8) is 0 Å². The quantitative estimate of drug-likeness (QED) is 0.446. The zero-order valence-electron chi connectivity index (χ0n) is 12.6. The third kappa shape index (κ3) is 5.93. The third-order valence-corrected chi connectivity index (χ3v) is 5.41. The van der Waals surface area contributed by atoms with E-state index in [9.17, 15) is 4.21 Å². The molecule has 19 heavy (non-hydrogen) atoms. The molecule has 3 atom stereocenters. The lowest BCUT2D eigenvalue weighted by Crippen LogP contribution is -2.46. The van der Waals surface area contributed by atoms with Gasteiger partial charge in [-0.25, -0.2) is 0 Å². The lowest BCUT2D eigenvalue weighted by Gasteiger charge is -2.30. The first-order valence-electron chi connectivity index (χ1n) is 7.55. The topological polar surface area (TPSA) is 53.5 Å². The minimum Gasteiger partial charge on any atom is -0.356 e. The highest BCUT2D eigenvalue weighted by Gasteiger charge is 2.25. The largest absolute Gasteiger partial charge is 0.356 e. The van der Waals surface area contributed by atoms with Gasteiger partial charge in [-0.1, -0.05) is 26.7 Å². The van der Waals surface area contributed by atoms with Crippen LogP contribution in [0.25, 0.3) is 0 Å². The van der Waals surface area contributed by atoms with E-state index in [1.807, 2.05) is 14.0 Å². The molecule has 0 bridgehead atoms. The van der Waals surface area contributed by atoms with Gasteiger partial charge in [0.05, 0.1) is 0 Å². The highest BCUT2D eigenvalue weighted by atomic mass is 32.2. The van der Waals surface area contributed by atoms with Crippen molar-refractivity contribution < 1.29 is 4.21 Å². The summed E-state index contributed by atoms with van der Waals surface area (Å²) in [5.74, 6) is 1.67. The van der Waals surface area contributed by atoms with Crippen molar-refractivity contribution in [1.82, 2.24) is 10.6 Å². The molecular weight excluding hydrogens is 258 g/mol. The average Bonchev–Trinajstić information content (AvgIpc) is 2.45. The number of hydrogen-bond acceptors (Lipinski definition) is 2. The van der Waals surface area contributed by atoms with Crippen molar-refractivity contribution in [3.05, 3.63) is 0 Å². The molecule has 3 unspecified atom stereocenters. The fraction of sp³-hybridized carbons (Fsp3) is 0.929. The molecule has 0 aromatic carbocycles. The second-order valence-corrected chi connectivity index (χ2v) is 7.16. The first-order chi connectivity index (χ1) is 9.21. The van der Waals surface area contributed by atoms with E-state index in [-0.39, 0.29) is 0 Å². The van der Waals surface area contributed by atoms with Crippen LogP contribution < -0.4 is 10.6 Å². The number of guanidine groups is 1. The van der Waals surface area contributed by atoms with Crippen LogP contribution in [0.2, 0.25) is 0 Å². The predicted molar refractivity (Wildman–Crippen MR) is 84.1 cm³/mol. The number of nitrogens with zero attached hydrogens (tertiary/aromatic N) is 1. The first-order valence-corrected chi connectivity index (χ1v) is 8.93. The molecule has 112 valence electrons. The van der Waals surface area contributed by atoms with Gasteiger partial charge >= 0.3 is 0 Å². The molecule has 0 aromatic heterocycles. The van der Waals surface area contributed by atoms with Crippen molar-refractivity contribution in [2.45, 2.75) is 63.7 Å². The average molecular weight is 287 g/mol. The third-order valence-electron chi connectivity index (χ3n) is 3.67. The normalized spacial score (nSPS) is 25.9. The fourth-order valence-corrected chi connectivity index (χ4v) is 3.87. The van der Waals surface area contributed by atoms with Crippen LogP contribution in [0.5, 0.6) is 0 Å². The van der Waals surface area contributed by atoms with Gasteiger partial charge in [0.2, 0.25) is 0 Å². The van der Waals surface area contributed by atoms with Gasteiger partial charge in [-0.3, -0.25) is 9.20 Å². The van der Waals surface area contributed by atoms with Gasteiger partial charge in [-0.2, -0.15) is 0 Å². The van der Waals surface area contributed by atoms with Gasteiger partial charge in [0.25, 0.3) is 0 Å². The minimum absolute atomic E-state index is 0.366. The minimum atomic E-state index is -0.658. The van der Waals surface area contributed by atoms with Gasteiger partial charge in [0.15, 0.2) is 5.96 Å². The molecule has 1 rings (SSSR count). The van der Waals surface area contributed by atoms with Crippen LogP contribution in [0.4, 0.5) is 0 Å². The van der Waals surface area contributed by atoms with Crippen LogP contribution in [0.3, 0.4) is 0 Å². The Balaban J connectivity index is 2.39. The highest BCUT2D eigenvalue weighted by molar-refractivity contribution is 7.85. The van der Waals surface area contributed by atoms with Crippen molar-refractivity contribution in [2.24, 2.45) is 4.99 Å². The van der Waals surface area contributed by atoms with Gasteiger partial charge in [-0.15, -0.1) is 0 Å². The smallest absolute Gasteiger partial charge is 0.191 e. The van der Waals surface area contributed by atoms with Crippen molar-refractivity contribution >= 4 is 16.8 Å². The summed E-state index contributed by atoms with van der Waals surface area (Å²) in [6, 6.07) is 0.419. The molecule has 0 radical (unpaired) electrons. The van der Waals surface area contributed by atoms with Crippen LogP contribution in [-0.4, -0.2) is 40.8 Å². The Labute approximate surface area is 120 Å². The summed E-state index contributed by atoms with van der Waals surface area (Å²) < 4.78 is 11.9. The molecule has 1 fully saturated rings. The molecular formula is C14H29N3OS. The fourth-order valence-electron chi connectivity index (χ4n) is 2.52. The number of hydrogen-bond donors (Lipinski definition) is 2. The van der Waals surface area contributed by atoms with Crippen LogP contribution in [0.15, 0.2) is 4.99 Å². The second-order valence-electron chi connectivity index (χ2n) is 5.15. The number of aliphatic imine (C=N–C) groups is 1. The van der Waals surface area contributed by atoms with Crippen LogP contribution >= 0.6 is 0 Å². The Kier molecular flexibility index (Phi) is 8.10. The molecule has 0 spiro atoms. The van der Waals surface area contributed by atoms with Gasteiger partial charge in [-0.05, 0) is 25.7 Å². The lowest BCUT2D eigenvalue weighted by atomic mass is 9.95. The summed E-state index contributed by atoms with van der Waals surface area (Å²) in [5, 5.41) is 7.18. The van der Waals surface area contributed by atoms with Crippen LogP contribution in [0.1, 0.15) is 52.4 Å². The predicted octanol–water partition coefficient (Wildman–Crippen LogP) is 2.03. The summed E-state index contributed by atoms with van der Waals surface area (Å²) in [4.78, 5) is 4.26. The number of unbranched alkanes of at least 4 members (excludes halogenated alkanes) is 1. The second kappa shape index (κ2) is 9.34. The van der Waals surface area contributed by atoms with E-state index in [0.29, 0.717) is 11.3 Å². The maximum absolute atomic E-state index is 11.9. The Morgan fingerprint density at radius 3 is 2.79 bits per heavy atom. The molecule has 1 aliphatic rings. The Hall–Kier alpha value is -0.580. The van der Waals surface area contributed by atoms with Crippen molar-refractivity contribution in [3.8, 4) is 0 Å². The lowest BCUT2D eigenvalue weighted by molar-refractivity contribution is 0.413. The van der Waals surface area contributed by atoms with E-state index in [0.717, 1.165) is 43.9 Å². The monoisotopic (exact) mass is 287 g/mol. The summed E-state index contributed by atoms with van der Waals surface area (Å²) in [6.07, 6.45) is 6.79. The Morgan fingerprint density at radius 2 is 2.16 bits per heavy atom. The van der Waals surface area contributed by atoms with E-state index >= 15 is 0 Å². The van der Waals surface area contributed by atoms with E-state index in [2.05, 4.69) is 22.5 Å². The molecule has 0 aromatic rings. The molecule has 1 saturated carbocycles. The maximum atomic E-state index is 11.9. The molecule has 4 nitrogen and oxygen atoms in total. The molecule has 0 aliphatic heterocycles. The Morgan fingerprint density at radius 1 is 1.37 bits per heavy atom. The molecule has 0 heterocycles. The molecule has 2 N–H and O–H groups in total. The number of nitrogens with one attached hydrogen (secondary N) is 2. The zero-order valence-corrected chi connectivity index (χ0v) is 13.4. The van der Waals surface area contributed by atoms with Gasteiger partial charge in [0.1, 0.15) is 0 Å². The molecule has 0 amide bonds. The molecule has 5 heteroatoms. The van der Waals surface area contributed by atoms with E-state index in [1.54, 1.807) is 0 Å². The summed E-state index contributed by atoms with van der Waals surface area (Å²) in [6.45, 7) is 5.16. The standard InChI is InChI=1S/C14H29N3OS/c1-4-6-10-16-14(15-3)17-12-8-7-9-13(11-12)19(18)5-2/h12-13H,4-11H2,1-3H3,(H2,15,16,17). The maximum Gasteiger partial charge on any atom is 0.191 e. The summed E-state index contributed by atoms with van der Waals surface area (Å²) >= 11 is 0. The van der Waals surface area contributed by atoms with E-state index < -0.39 is 10.8 Å². The summed E-state index contributed by atoms with van der Waals surface area (Å²) in [5.41, 5.74) is 0. The van der Waals surface area contributed by atoms with Gasteiger partial charge < -0.3 is 10.6 Å². The first kappa shape index (κ1) is 16.5.